The van der Waals surface area contributed by atoms with Crippen molar-refractivity contribution in [3.63, 3.8) is 0 Å². The first kappa shape index (κ1) is 28.5. The molecule has 0 unspecified atom stereocenters. The summed E-state index contributed by atoms with van der Waals surface area (Å²) in [6, 6.07) is 11.2. The van der Waals surface area contributed by atoms with Crippen LogP contribution >= 0.6 is 0 Å². The number of unbranched alkanes of at least 4 members (excludes halogenated alkanes) is 1. The van der Waals surface area contributed by atoms with Gasteiger partial charge in [-0.3, -0.25) is 0 Å². The summed E-state index contributed by atoms with van der Waals surface area (Å²) in [5.41, 5.74) is -0.481. The predicted molar refractivity (Wildman–Crippen MR) is 133 cm³/mol. The lowest BCUT2D eigenvalue weighted by Gasteiger charge is -2.20. The number of hydrogen-bond acceptors (Lipinski definition) is 3. The van der Waals surface area contributed by atoms with E-state index < -0.39 is 46.5 Å². The van der Waals surface area contributed by atoms with Crippen molar-refractivity contribution in [2.24, 2.45) is 0 Å². The molecule has 1 heterocycles. The molecule has 3 nitrogen and oxygen atoms in total. The fourth-order valence-electron chi connectivity index (χ4n) is 3.56. The maximum Gasteiger partial charge on any atom is 0.432 e. The average molecular weight is 559 g/mol. The van der Waals surface area contributed by atoms with Gasteiger partial charge in [-0.15, -0.1) is 0 Å². The first-order valence-corrected chi connectivity index (χ1v) is 12.0. The minimum atomic E-state index is -4.67. The molecule has 0 saturated carbocycles. The second-order valence-corrected chi connectivity index (χ2v) is 8.54. The van der Waals surface area contributed by atoms with Gasteiger partial charge in [0.05, 0.1) is 12.8 Å². The van der Waals surface area contributed by atoms with Crippen LogP contribution in [0.2, 0.25) is 0 Å². The number of ether oxygens (including phenoxy) is 2. The van der Waals surface area contributed by atoms with Gasteiger partial charge >= 0.3 is 6.11 Å². The zero-order chi connectivity index (χ0) is 28.9. The SMILES string of the molecule is CCCCOc1ccc(C#Cc2ccc(-c3cc(F)c(C(F)(F)Oc4cc(F)c(F)c(F)c4)c(F)c3)cc2)nc1. The maximum atomic E-state index is 14.7. The Morgan fingerprint density at radius 3 is 1.98 bits per heavy atom. The fourth-order valence-corrected chi connectivity index (χ4v) is 3.56. The molecule has 0 N–H and O–H groups in total. The summed E-state index contributed by atoms with van der Waals surface area (Å²) in [6.45, 7) is 2.66. The average Bonchev–Trinajstić information content (AvgIpc) is 2.91. The van der Waals surface area contributed by atoms with Crippen molar-refractivity contribution in [3.05, 3.63) is 113 Å². The molecule has 0 bridgehead atoms. The van der Waals surface area contributed by atoms with Crippen molar-refractivity contribution in [1.82, 2.24) is 4.98 Å². The summed E-state index contributed by atoms with van der Waals surface area (Å²) >= 11 is 0. The summed E-state index contributed by atoms with van der Waals surface area (Å²) in [6.07, 6.45) is -1.15. The van der Waals surface area contributed by atoms with E-state index in [9.17, 15) is 30.7 Å². The van der Waals surface area contributed by atoms with E-state index in [2.05, 4.69) is 28.5 Å². The normalized spacial score (nSPS) is 11.1. The third kappa shape index (κ3) is 6.72. The van der Waals surface area contributed by atoms with Crippen molar-refractivity contribution < 1.29 is 40.2 Å². The highest BCUT2D eigenvalue weighted by Crippen LogP contribution is 2.37. The van der Waals surface area contributed by atoms with Gasteiger partial charge in [-0.05, 0) is 59.9 Å². The molecule has 1 aromatic heterocycles. The van der Waals surface area contributed by atoms with Gasteiger partial charge in [-0.1, -0.05) is 31.4 Å². The third-order valence-corrected chi connectivity index (χ3v) is 5.59. The zero-order valence-electron chi connectivity index (χ0n) is 20.9. The minimum Gasteiger partial charge on any atom is -0.492 e. The Balaban J connectivity index is 1.49. The minimum absolute atomic E-state index is 0.0618. The number of aromatic nitrogens is 1. The molecular formula is C30H20F7NO2. The fraction of sp³-hybridized carbons (Fsp3) is 0.167. The van der Waals surface area contributed by atoms with E-state index in [1.54, 1.807) is 30.5 Å². The first-order chi connectivity index (χ1) is 19.1. The van der Waals surface area contributed by atoms with Gasteiger partial charge in [0.2, 0.25) is 0 Å². The van der Waals surface area contributed by atoms with Gasteiger partial charge in [-0.25, -0.2) is 26.9 Å². The van der Waals surface area contributed by atoms with Gasteiger partial charge in [0.15, 0.2) is 17.5 Å². The van der Waals surface area contributed by atoms with Crippen LogP contribution in [0.1, 0.15) is 36.6 Å². The van der Waals surface area contributed by atoms with Crippen LogP contribution in [-0.2, 0) is 6.11 Å². The van der Waals surface area contributed by atoms with Crippen LogP contribution in [0.25, 0.3) is 11.1 Å². The van der Waals surface area contributed by atoms with Crippen molar-refractivity contribution in [3.8, 4) is 34.5 Å². The van der Waals surface area contributed by atoms with Gasteiger partial charge in [0.25, 0.3) is 0 Å². The Morgan fingerprint density at radius 2 is 1.40 bits per heavy atom. The smallest absolute Gasteiger partial charge is 0.432 e. The molecule has 3 aromatic carbocycles. The van der Waals surface area contributed by atoms with Crippen molar-refractivity contribution >= 4 is 0 Å². The van der Waals surface area contributed by atoms with Gasteiger partial charge in [0.1, 0.15) is 34.4 Å². The van der Waals surface area contributed by atoms with Crippen molar-refractivity contribution in [2.75, 3.05) is 6.61 Å². The molecule has 0 saturated heterocycles. The molecule has 0 aliphatic heterocycles. The molecule has 0 aliphatic rings. The number of pyridine rings is 1. The number of nitrogens with zero attached hydrogens (tertiary/aromatic N) is 1. The summed E-state index contributed by atoms with van der Waals surface area (Å²) < 4.78 is 108. The number of alkyl halides is 2. The van der Waals surface area contributed by atoms with Crippen LogP contribution in [0.15, 0.2) is 66.9 Å². The molecule has 0 fully saturated rings. The van der Waals surface area contributed by atoms with E-state index in [4.69, 9.17) is 4.74 Å². The van der Waals surface area contributed by atoms with Crippen LogP contribution in [0.4, 0.5) is 30.7 Å². The van der Waals surface area contributed by atoms with Gasteiger partial charge in [0, 0.05) is 17.7 Å². The molecule has 10 heteroatoms. The Kier molecular flexibility index (Phi) is 8.63. The highest BCUT2D eigenvalue weighted by Gasteiger charge is 2.41. The van der Waals surface area contributed by atoms with E-state index in [1.807, 2.05) is 0 Å². The molecule has 0 amide bonds. The van der Waals surface area contributed by atoms with E-state index in [1.165, 1.54) is 12.1 Å². The number of benzene rings is 3. The molecule has 0 radical (unpaired) electrons. The van der Waals surface area contributed by atoms with Crippen LogP contribution in [0, 0.1) is 40.9 Å². The summed E-state index contributed by atoms with van der Waals surface area (Å²) in [4.78, 5) is 4.22. The lowest BCUT2D eigenvalue weighted by Crippen LogP contribution is -2.25. The number of rotatable bonds is 8. The van der Waals surface area contributed by atoms with Crippen LogP contribution < -0.4 is 9.47 Å². The Bertz CT molecular complexity index is 1510. The van der Waals surface area contributed by atoms with Crippen molar-refractivity contribution in [2.45, 2.75) is 25.9 Å². The zero-order valence-corrected chi connectivity index (χ0v) is 20.9. The number of hydrogen-bond donors (Lipinski definition) is 0. The second-order valence-electron chi connectivity index (χ2n) is 8.54. The summed E-state index contributed by atoms with van der Waals surface area (Å²) in [5.74, 6) is -3.59. The topological polar surface area (TPSA) is 31.4 Å². The molecule has 0 atom stereocenters. The maximum absolute atomic E-state index is 14.7. The quantitative estimate of drug-likeness (QED) is 0.0945. The standard InChI is InChI=1S/C30H20F7NO2/c1-2-3-12-39-22-11-10-21(38-17-22)9-6-18-4-7-19(8-5-18)20-13-24(31)28(25(32)14-20)30(36,37)40-23-15-26(33)29(35)27(34)16-23/h4-5,7-8,10-11,13-17H,2-3,12H2,1H3. The largest absolute Gasteiger partial charge is 0.492 e. The van der Waals surface area contributed by atoms with Gasteiger partial charge in [-0.2, -0.15) is 8.78 Å². The van der Waals surface area contributed by atoms with E-state index in [0.29, 0.717) is 41.3 Å². The second kappa shape index (κ2) is 12.1. The Labute approximate surface area is 225 Å². The lowest BCUT2D eigenvalue weighted by atomic mass is 10.0. The van der Waals surface area contributed by atoms with Crippen molar-refractivity contribution in [1.29, 1.82) is 0 Å². The molecule has 4 rings (SSSR count). The Hall–Kier alpha value is -4.52. The molecule has 0 spiro atoms. The number of halogens is 7. The Morgan fingerprint density at radius 1 is 0.750 bits per heavy atom. The van der Waals surface area contributed by atoms with Crippen LogP contribution in [0.5, 0.6) is 11.5 Å². The van der Waals surface area contributed by atoms with E-state index in [-0.39, 0.29) is 17.7 Å². The lowest BCUT2D eigenvalue weighted by molar-refractivity contribution is -0.189. The summed E-state index contributed by atoms with van der Waals surface area (Å²) in [5, 5.41) is 0. The first-order valence-electron chi connectivity index (χ1n) is 12.0. The van der Waals surface area contributed by atoms with Crippen LogP contribution in [-0.4, -0.2) is 11.6 Å². The van der Waals surface area contributed by atoms with Gasteiger partial charge < -0.3 is 9.47 Å². The molecule has 206 valence electrons. The predicted octanol–water partition coefficient (Wildman–Crippen LogP) is 8.15. The monoisotopic (exact) mass is 559 g/mol. The summed E-state index contributed by atoms with van der Waals surface area (Å²) in [7, 11) is 0. The van der Waals surface area contributed by atoms with Crippen LogP contribution in [0.3, 0.4) is 0 Å². The highest BCUT2D eigenvalue weighted by atomic mass is 19.3. The molecule has 40 heavy (non-hydrogen) atoms. The molecule has 0 aliphatic carbocycles. The third-order valence-electron chi connectivity index (χ3n) is 5.59. The molecule has 4 aromatic rings. The van der Waals surface area contributed by atoms with E-state index >= 15 is 0 Å². The highest BCUT2D eigenvalue weighted by molar-refractivity contribution is 5.65. The molecular weight excluding hydrogens is 539 g/mol. The van der Waals surface area contributed by atoms with E-state index in [0.717, 1.165) is 12.8 Å².